The fourth-order valence-corrected chi connectivity index (χ4v) is 0.187. The molecule has 0 aliphatic rings. The van der Waals surface area contributed by atoms with Crippen molar-refractivity contribution in [3.05, 3.63) is 0 Å². The van der Waals surface area contributed by atoms with Crippen LogP contribution in [-0.4, -0.2) is 45.2 Å². The molecule has 2 unspecified atom stereocenters. The minimum Gasteiger partial charge on any atom is -0.479 e. The first-order chi connectivity index (χ1) is 5.41. The molecule has 0 bridgehead atoms. The highest BCUT2D eigenvalue weighted by Crippen LogP contribution is 1.83. The molecule has 0 amide bonds. The molecule has 0 heterocycles. The third-order valence-corrected chi connectivity index (χ3v) is 0.904. The second kappa shape index (κ2) is 8.45. The molecular weight excluding hydrogens is 164 g/mol. The lowest BCUT2D eigenvalue weighted by molar-refractivity contribution is -0.145. The van der Waals surface area contributed by atoms with Crippen LogP contribution < -0.4 is 0 Å². The molecule has 0 aromatic heterocycles. The highest BCUT2D eigenvalue weighted by Gasteiger charge is 2.01. The van der Waals surface area contributed by atoms with E-state index in [0.29, 0.717) is 6.42 Å². The molecule has 0 aromatic carbocycles. The van der Waals surface area contributed by atoms with Crippen LogP contribution in [0.1, 0.15) is 20.3 Å². The van der Waals surface area contributed by atoms with E-state index in [1.54, 1.807) is 6.92 Å². The van der Waals surface area contributed by atoms with Crippen LogP contribution in [0.5, 0.6) is 0 Å². The summed E-state index contributed by atoms with van der Waals surface area (Å²) in [5.74, 6) is -1.19. The molecule has 5 heteroatoms. The molecule has 0 aliphatic heterocycles. The quantitative estimate of drug-likeness (QED) is 0.456. The van der Waals surface area contributed by atoms with Gasteiger partial charge in [0.15, 0.2) is 0 Å². The molecule has 5 nitrogen and oxygen atoms in total. The zero-order chi connectivity index (χ0) is 10.1. The van der Waals surface area contributed by atoms with Crippen LogP contribution in [0.2, 0.25) is 0 Å². The standard InChI is InChI=1S/C4H10O2.C3H6O3/c1-4(6)2-3-5;1-2(4)3(5)6/h4-6H,2-3H2,1H3;2,4H,1H3,(H,5,6). The second-order valence-corrected chi connectivity index (χ2v) is 2.38. The average molecular weight is 180 g/mol. The van der Waals surface area contributed by atoms with Gasteiger partial charge >= 0.3 is 5.97 Å². The highest BCUT2D eigenvalue weighted by molar-refractivity contribution is 5.71. The van der Waals surface area contributed by atoms with E-state index >= 15 is 0 Å². The number of rotatable bonds is 3. The summed E-state index contributed by atoms with van der Waals surface area (Å²) in [4.78, 5) is 9.45. The number of carboxylic acid groups (broad SMARTS) is 1. The summed E-state index contributed by atoms with van der Waals surface area (Å²) < 4.78 is 0. The Bertz CT molecular complexity index is 110. The van der Waals surface area contributed by atoms with Gasteiger partial charge in [0.1, 0.15) is 6.10 Å². The molecule has 0 aromatic rings. The summed E-state index contributed by atoms with van der Waals surface area (Å²) in [7, 11) is 0. The van der Waals surface area contributed by atoms with E-state index in [1.165, 1.54) is 6.92 Å². The summed E-state index contributed by atoms with van der Waals surface area (Å²) >= 11 is 0. The lowest BCUT2D eigenvalue weighted by Gasteiger charge is -1.95. The molecule has 0 saturated carbocycles. The van der Waals surface area contributed by atoms with E-state index in [0.717, 1.165) is 0 Å². The Kier molecular flexibility index (Phi) is 9.79. The zero-order valence-corrected chi connectivity index (χ0v) is 7.27. The Labute approximate surface area is 71.3 Å². The first-order valence-electron chi connectivity index (χ1n) is 3.61. The van der Waals surface area contributed by atoms with Gasteiger partial charge in [-0.25, -0.2) is 4.79 Å². The van der Waals surface area contributed by atoms with Crippen molar-refractivity contribution in [1.82, 2.24) is 0 Å². The molecule has 0 fully saturated rings. The van der Waals surface area contributed by atoms with Crippen LogP contribution in [0.4, 0.5) is 0 Å². The van der Waals surface area contributed by atoms with Gasteiger partial charge in [-0.2, -0.15) is 0 Å². The van der Waals surface area contributed by atoms with E-state index < -0.39 is 12.1 Å². The van der Waals surface area contributed by atoms with Gasteiger partial charge in [0.25, 0.3) is 0 Å². The van der Waals surface area contributed by atoms with Crippen molar-refractivity contribution >= 4 is 5.97 Å². The Morgan fingerprint density at radius 3 is 1.67 bits per heavy atom. The van der Waals surface area contributed by atoms with Gasteiger partial charge in [-0.1, -0.05) is 0 Å². The van der Waals surface area contributed by atoms with E-state index in [1.807, 2.05) is 0 Å². The molecule has 74 valence electrons. The van der Waals surface area contributed by atoms with E-state index in [4.69, 9.17) is 20.4 Å². The van der Waals surface area contributed by atoms with Gasteiger partial charge in [-0.3, -0.25) is 0 Å². The molecule has 12 heavy (non-hydrogen) atoms. The molecule has 0 rings (SSSR count). The molecular formula is C7H16O5. The summed E-state index contributed by atoms with van der Waals surface area (Å²) in [6.07, 6.45) is -1.10. The fraction of sp³-hybridized carbons (Fsp3) is 0.857. The summed E-state index contributed by atoms with van der Waals surface area (Å²) in [5.41, 5.74) is 0. The average Bonchev–Trinajstić information content (AvgIpc) is 1.87. The summed E-state index contributed by atoms with van der Waals surface area (Å²) in [6.45, 7) is 2.93. The Morgan fingerprint density at radius 2 is 1.67 bits per heavy atom. The topological polar surface area (TPSA) is 98.0 Å². The maximum Gasteiger partial charge on any atom is 0.332 e. The number of hydrogen-bond donors (Lipinski definition) is 4. The predicted molar refractivity (Wildman–Crippen MR) is 42.7 cm³/mol. The van der Waals surface area contributed by atoms with E-state index in [-0.39, 0.29) is 12.7 Å². The predicted octanol–water partition coefficient (Wildman–Crippen LogP) is -0.799. The molecule has 4 N–H and O–H groups in total. The SMILES string of the molecule is CC(O)C(=O)O.CC(O)CCO. The maximum atomic E-state index is 9.45. The van der Waals surface area contributed by atoms with Crippen LogP contribution in [0.15, 0.2) is 0 Å². The van der Waals surface area contributed by atoms with Gasteiger partial charge in [-0.05, 0) is 20.3 Å². The van der Waals surface area contributed by atoms with Gasteiger partial charge < -0.3 is 20.4 Å². The Balaban J connectivity index is 0. The number of aliphatic hydroxyl groups is 3. The summed E-state index contributed by atoms with van der Waals surface area (Å²) in [5, 5.41) is 32.2. The minimum atomic E-state index is -1.23. The van der Waals surface area contributed by atoms with Crippen molar-refractivity contribution in [2.75, 3.05) is 6.61 Å². The number of carbonyl (C=O) groups is 1. The molecule has 0 aliphatic carbocycles. The third-order valence-electron chi connectivity index (χ3n) is 0.904. The zero-order valence-electron chi connectivity index (χ0n) is 7.27. The van der Waals surface area contributed by atoms with E-state index in [2.05, 4.69) is 0 Å². The highest BCUT2D eigenvalue weighted by atomic mass is 16.4. The maximum absolute atomic E-state index is 9.45. The largest absolute Gasteiger partial charge is 0.479 e. The van der Waals surface area contributed by atoms with Gasteiger partial charge in [-0.15, -0.1) is 0 Å². The minimum absolute atomic E-state index is 0.0810. The van der Waals surface area contributed by atoms with Gasteiger partial charge in [0.2, 0.25) is 0 Å². The van der Waals surface area contributed by atoms with E-state index in [9.17, 15) is 4.79 Å². The number of hydrogen-bond acceptors (Lipinski definition) is 4. The van der Waals surface area contributed by atoms with Gasteiger partial charge in [0, 0.05) is 6.61 Å². The van der Waals surface area contributed by atoms with Crippen molar-refractivity contribution in [2.45, 2.75) is 32.5 Å². The first kappa shape index (κ1) is 13.9. The summed E-state index contributed by atoms with van der Waals surface area (Å²) in [6, 6.07) is 0. The third kappa shape index (κ3) is 16.2. The van der Waals surface area contributed by atoms with Crippen LogP contribution in [-0.2, 0) is 4.79 Å². The van der Waals surface area contributed by atoms with Crippen molar-refractivity contribution in [1.29, 1.82) is 0 Å². The Hall–Kier alpha value is -0.650. The smallest absolute Gasteiger partial charge is 0.332 e. The van der Waals surface area contributed by atoms with Crippen molar-refractivity contribution < 1.29 is 25.2 Å². The van der Waals surface area contributed by atoms with Crippen molar-refractivity contribution in [3.8, 4) is 0 Å². The van der Waals surface area contributed by atoms with Crippen LogP contribution >= 0.6 is 0 Å². The second-order valence-electron chi connectivity index (χ2n) is 2.38. The van der Waals surface area contributed by atoms with Crippen LogP contribution in [0, 0.1) is 0 Å². The fourth-order valence-electron chi connectivity index (χ4n) is 0.187. The number of aliphatic carboxylic acids is 1. The number of carboxylic acids is 1. The molecule has 2 atom stereocenters. The monoisotopic (exact) mass is 180 g/mol. The van der Waals surface area contributed by atoms with Crippen LogP contribution in [0.25, 0.3) is 0 Å². The van der Waals surface area contributed by atoms with Gasteiger partial charge in [0.05, 0.1) is 6.10 Å². The first-order valence-corrected chi connectivity index (χ1v) is 3.61. The molecule has 0 spiro atoms. The van der Waals surface area contributed by atoms with Crippen LogP contribution in [0.3, 0.4) is 0 Å². The normalized spacial score (nSPS) is 14.1. The lowest BCUT2D eigenvalue weighted by Crippen LogP contribution is -2.13. The Morgan fingerprint density at radius 1 is 1.33 bits per heavy atom. The van der Waals surface area contributed by atoms with Crippen molar-refractivity contribution in [2.24, 2.45) is 0 Å². The lowest BCUT2D eigenvalue weighted by atomic mass is 10.3. The molecule has 0 radical (unpaired) electrons. The van der Waals surface area contributed by atoms with Crippen molar-refractivity contribution in [3.63, 3.8) is 0 Å². The molecule has 0 saturated heterocycles. The number of aliphatic hydroxyl groups excluding tert-OH is 3.